The molecule has 0 amide bonds. The first-order valence-corrected chi connectivity index (χ1v) is 4.93. The van der Waals surface area contributed by atoms with E-state index in [0.29, 0.717) is 6.61 Å². The number of hydrogen-bond acceptors (Lipinski definition) is 2. The summed E-state index contributed by atoms with van der Waals surface area (Å²) in [6, 6.07) is 9.77. The van der Waals surface area contributed by atoms with Crippen molar-refractivity contribution in [3.05, 3.63) is 35.9 Å². The Kier molecular flexibility index (Phi) is 4.89. The van der Waals surface area contributed by atoms with Crippen molar-refractivity contribution in [3.63, 3.8) is 0 Å². The molecule has 0 aliphatic heterocycles. The Morgan fingerprint density at radius 2 is 2.00 bits per heavy atom. The van der Waals surface area contributed by atoms with E-state index in [4.69, 9.17) is 4.74 Å². The first kappa shape index (κ1) is 11.8. The van der Waals surface area contributed by atoms with Gasteiger partial charge in [0.25, 0.3) is 0 Å². The van der Waals surface area contributed by atoms with Crippen molar-refractivity contribution in [2.75, 3.05) is 13.7 Å². The molecule has 0 aromatic heterocycles. The van der Waals surface area contributed by atoms with Gasteiger partial charge in [-0.05, 0) is 12.5 Å². The summed E-state index contributed by atoms with van der Waals surface area (Å²) in [6.45, 7) is 2.07. The lowest BCUT2D eigenvalue weighted by molar-refractivity contribution is 0.0575. The van der Waals surface area contributed by atoms with Gasteiger partial charge in [0, 0.05) is 7.11 Å². The molecule has 0 fully saturated rings. The molecular weight excluding hydrogens is 188 g/mol. The smallest absolute Gasteiger partial charge is 0.0951 e. The molecule has 1 N–H and O–H groups in total. The Bertz CT molecular complexity index is 335. The largest absolute Gasteiger partial charge is 0.389 e. The van der Waals surface area contributed by atoms with Crippen LogP contribution in [0.3, 0.4) is 0 Å². The molecule has 0 heterocycles. The molecule has 0 radical (unpaired) electrons. The third kappa shape index (κ3) is 3.39. The number of methoxy groups -OCH3 is 1. The van der Waals surface area contributed by atoms with Gasteiger partial charge in [0.2, 0.25) is 0 Å². The van der Waals surface area contributed by atoms with E-state index in [1.165, 1.54) is 0 Å². The van der Waals surface area contributed by atoms with E-state index in [1.807, 2.05) is 30.3 Å². The monoisotopic (exact) mass is 204 g/mol. The molecule has 1 aromatic carbocycles. The maximum atomic E-state index is 9.87. The molecule has 15 heavy (non-hydrogen) atoms. The van der Waals surface area contributed by atoms with Crippen LogP contribution >= 0.6 is 0 Å². The van der Waals surface area contributed by atoms with Gasteiger partial charge in [0.05, 0.1) is 18.6 Å². The minimum Gasteiger partial charge on any atom is -0.389 e. The molecule has 2 heteroatoms. The van der Waals surface area contributed by atoms with Crippen molar-refractivity contribution in [1.29, 1.82) is 0 Å². The molecular formula is C13H16O2. The number of rotatable bonds is 4. The summed E-state index contributed by atoms with van der Waals surface area (Å²) in [6.07, 6.45) is -0.579. The second-order valence-corrected chi connectivity index (χ2v) is 3.31. The van der Waals surface area contributed by atoms with Gasteiger partial charge in [-0.3, -0.25) is 0 Å². The lowest BCUT2D eigenvalue weighted by atomic mass is 9.94. The van der Waals surface area contributed by atoms with Gasteiger partial charge in [-0.2, -0.15) is 0 Å². The molecule has 2 nitrogen and oxygen atoms in total. The van der Waals surface area contributed by atoms with Gasteiger partial charge in [-0.25, -0.2) is 0 Å². The molecule has 0 saturated heterocycles. The van der Waals surface area contributed by atoms with E-state index >= 15 is 0 Å². The first-order chi connectivity index (χ1) is 7.29. The van der Waals surface area contributed by atoms with Crippen LogP contribution in [0, 0.1) is 11.8 Å². The van der Waals surface area contributed by atoms with Gasteiger partial charge < -0.3 is 9.84 Å². The van der Waals surface area contributed by atoms with E-state index in [-0.39, 0.29) is 5.92 Å². The highest BCUT2D eigenvalue weighted by molar-refractivity contribution is 5.29. The molecule has 1 rings (SSSR count). The quantitative estimate of drug-likeness (QED) is 0.758. The fourth-order valence-corrected chi connectivity index (χ4v) is 1.48. The van der Waals surface area contributed by atoms with Gasteiger partial charge in [0.1, 0.15) is 0 Å². The van der Waals surface area contributed by atoms with Crippen molar-refractivity contribution in [2.45, 2.75) is 18.9 Å². The Balaban J connectivity index is 2.86. The van der Waals surface area contributed by atoms with E-state index in [1.54, 1.807) is 14.0 Å². The highest BCUT2D eigenvalue weighted by Gasteiger charge is 2.18. The van der Waals surface area contributed by atoms with Crippen molar-refractivity contribution in [1.82, 2.24) is 0 Å². The zero-order chi connectivity index (χ0) is 11.1. The number of aliphatic hydroxyl groups excluding tert-OH is 1. The average Bonchev–Trinajstić information content (AvgIpc) is 2.27. The van der Waals surface area contributed by atoms with Gasteiger partial charge in [-0.1, -0.05) is 36.3 Å². The van der Waals surface area contributed by atoms with Gasteiger partial charge in [0.15, 0.2) is 0 Å². The summed E-state index contributed by atoms with van der Waals surface area (Å²) < 4.78 is 4.93. The Labute approximate surface area is 90.9 Å². The van der Waals surface area contributed by atoms with E-state index in [2.05, 4.69) is 11.8 Å². The van der Waals surface area contributed by atoms with Crippen molar-refractivity contribution in [3.8, 4) is 11.8 Å². The molecule has 0 unspecified atom stereocenters. The zero-order valence-corrected chi connectivity index (χ0v) is 9.10. The predicted octanol–water partition coefficient (Wildman–Crippen LogP) is 1.80. The molecule has 0 aliphatic carbocycles. The van der Waals surface area contributed by atoms with Crippen LogP contribution in [-0.4, -0.2) is 24.9 Å². The van der Waals surface area contributed by atoms with Crippen molar-refractivity contribution < 1.29 is 9.84 Å². The van der Waals surface area contributed by atoms with Crippen LogP contribution in [0.2, 0.25) is 0 Å². The van der Waals surface area contributed by atoms with Crippen LogP contribution in [0.25, 0.3) is 0 Å². The summed E-state index contributed by atoms with van der Waals surface area (Å²) in [5.74, 6) is 5.67. The molecule has 80 valence electrons. The lowest BCUT2D eigenvalue weighted by Gasteiger charge is -2.17. The van der Waals surface area contributed by atoms with Crippen LogP contribution in [0.5, 0.6) is 0 Å². The predicted molar refractivity (Wildman–Crippen MR) is 60.5 cm³/mol. The molecule has 0 spiro atoms. The topological polar surface area (TPSA) is 29.5 Å². The van der Waals surface area contributed by atoms with Crippen molar-refractivity contribution >= 4 is 0 Å². The van der Waals surface area contributed by atoms with Gasteiger partial charge >= 0.3 is 0 Å². The summed E-state index contributed by atoms with van der Waals surface area (Å²) in [4.78, 5) is 0. The summed E-state index contributed by atoms with van der Waals surface area (Å²) >= 11 is 0. The standard InChI is InChI=1S/C13H16O2/c1-3-7-12(13(14)10-15-2)11-8-5-4-6-9-11/h4-6,8-9,12-14H,10H2,1-2H3/t12-,13-/m0/s1. The highest BCUT2D eigenvalue weighted by Crippen LogP contribution is 2.18. The molecule has 0 saturated carbocycles. The summed E-state index contributed by atoms with van der Waals surface area (Å²) in [5.41, 5.74) is 1.02. The molecule has 0 aliphatic rings. The lowest BCUT2D eigenvalue weighted by Crippen LogP contribution is -2.22. The van der Waals surface area contributed by atoms with E-state index in [0.717, 1.165) is 5.56 Å². The number of hydrogen-bond donors (Lipinski definition) is 1. The maximum absolute atomic E-state index is 9.87. The Morgan fingerprint density at radius 1 is 1.33 bits per heavy atom. The van der Waals surface area contributed by atoms with Crippen molar-refractivity contribution in [2.24, 2.45) is 0 Å². The Hall–Kier alpha value is -1.30. The highest BCUT2D eigenvalue weighted by atomic mass is 16.5. The SMILES string of the molecule is CC#C[C@@H](c1ccccc1)[C@@H](O)COC. The number of aliphatic hydroxyl groups is 1. The maximum Gasteiger partial charge on any atom is 0.0951 e. The zero-order valence-electron chi connectivity index (χ0n) is 9.10. The van der Waals surface area contributed by atoms with E-state index < -0.39 is 6.10 Å². The third-order valence-corrected chi connectivity index (χ3v) is 2.18. The first-order valence-electron chi connectivity index (χ1n) is 4.93. The van der Waals surface area contributed by atoms with Crippen LogP contribution in [0.4, 0.5) is 0 Å². The minimum absolute atomic E-state index is 0.170. The normalized spacial score (nSPS) is 13.8. The second-order valence-electron chi connectivity index (χ2n) is 3.31. The van der Waals surface area contributed by atoms with Crippen LogP contribution in [0.1, 0.15) is 18.4 Å². The minimum atomic E-state index is -0.579. The summed E-state index contributed by atoms with van der Waals surface area (Å²) in [5, 5.41) is 9.87. The summed E-state index contributed by atoms with van der Waals surface area (Å²) in [7, 11) is 1.57. The van der Waals surface area contributed by atoms with Gasteiger partial charge in [-0.15, -0.1) is 5.92 Å². The third-order valence-electron chi connectivity index (χ3n) is 2.18. The molecule has 1 aromatic rings. The van der Waals surface area contributed by atoms with Crippen LogP contribution in [-0.2, 0) is 4.74 Å². The average molecular weight is 204 g/mol. The van der Waals surface area contributed by atoms with Crippen LogP contribution in [0.15, 0.2) is 30.3 Å². The fourth-order valence-electron chi connectivity index (χ4n) is 1.48. The number of benzene rings is 1. The van der Waals surface area contributed by atoms with Crippen LogP contribution < -0.4 is 0 Å². The number of ether oxygens (including phenoxy) is 1. The second kappa shape index (κ2) is 6.23. The fraction of sp³-hybridized carbons (Fsp3) is 0.385. The molecule has 2 atom stereocenters. The Morgan fingerprint density at radius 3 is 2.53 bits per heavy atom. The molecule has 0 bridgehead atoms. The van der Waals surface area contributed by atoms with E-state index in [9.17, 15) is 5.11 Å².